The second-order valence-corrected chi connectivity index (χ2v) is 13.2. The molecule has 2 N–H and O–H groups in total. The van der Waals surface area contributed by atoms with Crippen molar-refractivity contribution in [3.8, 4) is 0 Å². The quantitative estimate of drug-likeness (QED) is 0.487. The highest BCUT2D eigenvalue weighted by atomic mass is 32.2. The molecule has 0 unspecified atom stereocenters. The van der Waals surface area contributed by atoms with E-state index in [1.807, 2.05) is 0 Å². The zero-order chi connectivity index (χ0) is 28.0. The van der Waals surface area contributed by atoms with E-state index in [9.17, 15) is 31.9 Å². The van der Waals surface area contributed by atoms with Crippen LogP contribution in [0.4, 0.5) is 25.8 Å². The monoisotopic (exact) mass is 561 g/mol. The van der Waals surface area contributed by atoms with Crippen LogP contribution in [0.2, 0.25) is 0 Å². The summed E-state index contributed by atoms with van der Waals surface area (Å²) in [5, 5.41) is 12.5. The van der Waals surface area contributed by atoms with E-state index in [2.05, 4.69) is 10.2 Å². The van der Waals surface area contributed by atoms with Gasteiger partial charge in [-0.3, -0.25) is 4.79 Å². The molecule has 1 amide bonds. The number of rotatable bonds is 7. The third kappa shape index (κ3) is 5.73. The fourth-order valence-electron chi connectivity index (χ4n) is 5.55. The van der Waals surface area contributed by atoms with E-state index < -0.39 is 27.6 Å². The van der Waals surface area contributed by atoms with Gasteiger partial charge in [-0.15, -0.1) is 0 Å². The van der Waals surface area contributed by atoms with Crippen molar-refractivity contribution in [2.45, 2.75) is 56.3 Å². The van der Waals surface area contributed by atoms with E-state index >= 15 is 0 Å². The molecule has 39 heavy (non-hydrogen) atoms. The molecule has 2 aromatic rings. The second kappa shape index (κ2) is 10.1. The van der Waals surface area contributed by atoms with Crippen LogP contribution in [-0.4, -0.2) is 63.3 Å². The fraction of sp³-hybridized carbons (Fsp3) is 0.500. The maximum Gasteiger partial charge on any atom is 0.337 e. The number of sulfone groups is 1. The van der Waals surface area contributed by atoms with Crippen LogP contribution in [0.25, 0.3) is 0 Å². The number of benzene rings is 2. The Morgan fingerprint density at radius 2 is 1.44 bits per heavy atom. The van der Waals surface area contributed by atoms with Gasteiger partial charge < -0.3 is 20.2 Å². The van der Waals surface area contributed by atoms with E-state index in [4.69, 9.17) is 0 Å². The lowest BCUT2D eigenvalue weighted by molar-refractivity contribution is -0.0220. The number of aromatic carboxylic acids is 1. The number of carboxylic acids is 1. The second-order valence-electron chi connectivity index (χ2n) is 10.9. The van der Waals surface area contributed by atoms with Gasteiger partial charge in [-0.1, -0.05) is 6.92 Å². The Morgan fingerprint density at radius 3 is 2.00 bits per heavy atom. The van der Waals surface area contributed by atoms with Crippen LogP contribution in [0.15, 0.2) is 41.3 Å². The minimum absolute atomic E-state index is 0.00135. The summed E-state index contributed by atoms with van der Waals surface area (Å²) >= 11 is 0. The third-order valence-corrected chi connectivity index (χ3v) is 10.1. The number of carboxylic acid groups (broad SMARTS) is 1. The van der Waals surface area contributed by atoms with Crippen molar-refractivity contribution >= 4 is 38.8 Å². The standard InChI is InChI=1S/C28H33F2N3O5S/c1-2-39(37,38)20-4-6-21(24(18-20)32-13-9-27(7-8-27)10-14-32)25(34)31-19-3-5-22(26(35)36)23(17-19)33-15-11-28(29,30)12-16-33/h3-6,17-18H,2,7-16H2,1H3,(H,31,34)(H,35,36). The molecular weight excluding hydrogens is 528 g/mol. The predicted octanol–water partition coefficient (Wildman–Crippen LogP) is 5.05. The molecule has 8 nitrogen and oxygen atoms in total. The van der Waals surface area contributed by atoms with Crippen LogP contribution in [0.1, 0.15) is 66.2 Å². The van der Waals surface area contributed by atoms with Gasteiger partial charge in [0.15, 0.2) is 9.84 Å². The summed E-state index contributed by atoms with van der Waals surface area (Å²) < 4.78 is 52.7. The third-order valence-electron chi connectivity index (χ3n) is 8.40. The van der Waals surface area contributed by atoms with Crippen LogP contribution in [0.3, 0.4) is 0 Å². The Bertz CT molecular complexity index is 1390. The van der Waals surface area contributed by atoms with Gasteiger partial charge >= 0.3 is 5.97 Å². The van der Waals surface area contributed by atoms with Gasteiger partial charge in [-0.25, -0.2) is 22.0 Å². The zero-order valence-corrected chi connectivity index (χ0v) is 22.7. The number of amides is 1. The van der Waals surface area contributed by atoms with E-state index in [0.29, 0.717) is 22.4 Å². The molecule has 1 spiro atoms. The summed E-state index contributed by atoms with van der Waals surface area (Å²) in [6.07, 6.45) is 3.65. The Hall–Kier alpha value is -3.21. The molecular formula is C28H33F2N3O5S. The van der Waals surface area contributed by atoms with Crippen LogP contribution in [0, 0.1) is 5.41 Å². The van der Waals surface area contributed by atoms with Crippen LogP contribution >= 0.6 is 0 Å². The molecule has 11 heteroatoms. The van der Waals surface area contributed by atoms with E-state index in [-0.39, 0.29) is 47.8 Å². The van der Waals surface area contributed by atoms with Crippen molar-refractivity contribution in [2.75, 3.05) is 47.0 Å². The molecule has 1 saturated carbocycles. The lowest BCUT2D eigenvalue weighted by Gasteiger charge is -2.35. The van der Waals surface area contributed by atoms with E-state index in [1.54, 1.807) is 17.9 Å². The number of halogens is 2. The highest BCUT2D eigenvalue weighted by Gasteiger charge is 2.44. The van der Waals surface area contributed by atoms with Crippen molar-refractivity contribution in [1.82, 2.24) is 0 Å². The van der Waals surface area contributed by atoms with E-state index in [0.717, 1.165) is 25.9 Å². The molecule has 3 fully saturated rings. The Balaban J connectivity index is 1.44. The minimum atomic E-state index is -3.48. The van der Waals surface area contributed by atoms with Gasteiger partial charge in [0.1, 0.15) is 0 Å². The first-order valence-electron chi connectivity index (χ1n) is 13.4. The first-order valence-corrected chi connectivity index (χ1v) is 15.0. The molecule has 2 saturated heterocycles. The van der Waals surface area contributed by atoms with Crippen LogP contribution < -0.4 is 15.1 Å². The first kappa shape index (κ1) is 27.4. The molecule has 0 aromatic heterocycles. The summed E-state index contributed by atoms with van der Waals surface area (Å²) in [6, 6.07) is 8.86. The summed E-state index contributed by atoms with van der Waals surface area (Å²) in [6.45, 7) is 3.03. The minimum Gasteiger partial charge on any atom is -0.478 e. The maximum atomic E-state index is 13.7. The lowest BCUT2D eigenvalue weighted by atomic mass is 9.93. The molecule has 210 valence electrons. The predicted molar refractivity (Wildman–Crippen MR) is 145 cm³/mol. The van der Waals surface area contributed by atoms with Gasteiger partial charge in [-0.2, -0.15) is 0 Å². The smallest absolute Gasteiger partial charge is 0.337 e. The summed E-state index contributed by atoms with van der Waals surface area (Å²) in [4.78, 5) is 29.2. The number of nitrogens with one attached hydrogen (secondary N) is 1. The average molecular weight is 562 g/mol. The molecule has 1 aliphatic carbocycles. The number of hydrogen-bond donors (Lipinski definition) is 2. The van der Waals surface area contributed by atoms with Gasteiger partial charge in [0.25, 0.3) is 11.8 Å². The molecule has 0 bridgehead atoms. The van der Waals surface area contributed by atoms with Crippen LogP contribution in [0.5, 0.6) is 0 Å². The van der Waals surface area contributed by atoms with Gasteiger partial charge in [0, 0.05) is 44.7 Å². The van der Waals surface area contributed by atoms with Crippen molar-refractivity contribution in [3.63, 3.8) is 0 Å². The number of anilines is 3. The van der Waals surface area contributed by atoms with Gasteiger partial charge in [0.05, 0.1) is 33.2 Å². The van der Waals surface area contributed by atoms with Crippen molar-refractivity contribution in [1.29, 1.82) is 0 Å². The van der Waals surface area contributed by atoms with Crippen molar-refractivity contribution in [2.24, 2.45) is 5.41 Å². The zero-order valence-electron chi connectivity index (χ0n) is 21.9. The summed E-state index contributed by atoms with van der Waals surface area (Å²) in [5.74, 6) is -4.49. The molecule has 2 heterocycles. The number of alkyl halides is 2. The fourth-order valence-corrected chi connectivity index (χ4v) is 6.45. The number of carbonyl (C=O) groups excluding carboxylic acids is 1. The molecule has 3 aliphatic rings. The van der Waals surface area contributed by atoms with Crippen molar-refractivity contribution < 1.29 is 31.9 Å². The van der Waals surface area contributed by atoms with Gasteiger partial charge in [0.2, 0.25) is 0 Å². The Labute approximate surface area is 226 Å². The molecule has 2 aliphatic heterocycles. The average Bonchev–Trinajstić information content (AvgIpc) is 3.67. The highest BCUT2D eigenvalue weighted by molar-refractivity contribution is 7.91. The normalized spacial score (nSPS) is 20.1. The molecule has 5 rings (SSSR count). The Kier molecular flexibility index (Phi) is 7.07. The molecule has 0 radical (unpaired) electrons. The Morgan fingerprint density at radius 1 is 0.872 bits per heavy atom. The SMILES string of the molecule is CCS(=O)(=O)c1ccc(C(=O)Nc2ccc(C(=O)O)c(N3CCC(F)(F)CC3)c2)c(N2CCC3(CC2)CC3)c1. The maximum absolute atomic E-state index is 13.7. The number of piperidine rings is 2. The van der Waals surface area contributed by atoms with E-state index in [1.165, 1.54) is 43.2 Å². The number of carbonyl (C=O) groups is 2. The summed E-state index contributed by atoms with van der Waals surface area (Å²) in [7, 11) is -3.48. The molecule has 2 aromatic carbocycles. The van der Waals surface area contributed by atoms with Crippen LogP contribution in [-0.2, 0) is 9.84 Å². The summed E-state index contributed by atoms with van der Waals surface area (Å²) in [5.41, 5.74) is 1.83. The largest absolute Gasteiger partial charge is 0.478 e. The lowest BCUT2D eigenvalue weighted by Crippen LogP contribution is -2.40. The first-order chi connectivity index (χ1) is 18.4. The number of hydrogen-bond acceptors (Lipinski definition) is 6. The highest BCUT2D eigenvalue weighted by Crippen LogP contribution is 2.54. The number of nitrogens with zero attached hydrogens (tertiary/aromatic N) is 2. The molecule has 0 atom stereocenters. The van der Waals surface area contributed by atoms with Gasteiger partial charge in [-0.05, 0) is 67.5 Å². The van der Waals surface area contributed by atoms with Crippen molar-refractivity contribution in [3.05, 3.63) is 47.5 Å². The topological polar surface area (TPSA) is 107 Å².